The molecule has 1 aromatic carbocycles. The molecule has 0 spiro atoms. The lowest BCUT2D eigenvalue weighted by Gasteiger charge is -2.03. The number of benzene rings is 1. The van der Waals surface area contributed by atoms with Gasteiger partial charge in [0.15, 0.2) is 0 Å². The molecule has 1 aromatic heterocycles. The molecule has 5 nitrogen and oxygen atoms in total. The molecule has 0 aliphatic heterocycles. The first kappa shape index (κ1) is 14.3. The molecule has 0 aliphatic carbocycles. The van der Waals surface area contributed by atoms with Crippen molar-refractivity contribution in [1.82, 2.24) is 10.2 Å². The van der Waals surface area contributed by atoms with E-state index in [1.54, 1.807) is 12.1 Å². The third-order valence-corrected chi connectivity index (χ3v) is 3.10. The molecule has 0 atom stereocenters. The number of halogens is 3. The molecule has 1 N–H and O–H groups in total. The number of ether oxygens (including phenoxy) is 1. The second-order valence-corrected chi connectivity index (χ2v) is 4.57. The summed E-state index contributed by atoms with van der Waals surface area (Å²) in [5, 5.41) is 7.17. The monoisotopic (exact) mass is 303 g/mol. The summed E-state index contributed by atoms with van der Waals surface area (Å²) in [6.07, 6.45) is -4.57. The Hall–Kier alpha value is -2.16. The molecule has 1 heterocycles. The van der Waals surface area contributed by atoms with Crippen molar-refractivity contribution in [2.24, 2.45) is 0 Å². The van der Waals surface area contributed by atoms with Gasteiger partial charge in [0.2, 0.25) is 10.1 Å². The first-order valence-corrected chi connectivity index (χ1v) is 6.08. The second-order valence-electron chi connectivity index (χ2n) is 3.60. The van der Waals surface area contributed by atoms with Gasteiger partial charge in [-0.05, 0) is 18.2 Å². The standard InChI is InChI=1S/C11H8F3N3O2S/c1-19-7-4-2-3-6(5-7)8(18)15-10-17-16-9(20-10)11(12,13)14/h2-5H,1H3,(H,15,17,18). The van der Waals surface area contributed by atoms with Gasteiger partial charge in [-0.15, -0.1) is 10.2 Å². The van der Waals surface area contributed by atoms with E-state index in [-0.39, 0.29) is 22.0 Å². The van der Waals surface area contributed by atoms with Gasteiger partial charge in [0, 0.05) is 5.56 Å². The predicted molar refractivity (Wildman–Crippen MR) is 65.9 cm³/mol. The van der Waals surface area contributed by atoms with Crippen LogP contribution in [0.3, 0.4) is 0 Å². The fourth-order valence-corrected chi connectivity index (χ4v) is 1.93. The van der Waals surface area contributed by atoms with Gasteiger partial charge in [-0.25, -0.2) is 0 Å². The third-order valence-electron chi connectivity index (χ3n) is 2.22. The Balaban J connectivity index is 2.13. The third kappa shape index (κ3) is 3.23. The number of alkyl halides is 3. The van der Waals surface area contributed by atoms with Crippen LogP contribution in [0.5, 0.6) is 5.75 Å². The van der Waals surface area contributed by atoms with E-state index in [0.717, 1.165) is 0 Å². The van der Waals surface area contributed by atoms with E-state index in [9.17, 15) is 18.0 Å². The van der Waals surface area contributed by atoms with Crippen molar-refractivity contribution >= 4 is 22.4 Å². The largest absolute Gasteiger partial charge is 0.497 e. The fourth-order valence-electron chi connectivity index (χ4n) is 1.32. The molecule has 106 valence electrons. The van der Waals surface area contributed by atoms with Crippen molar-refractivity contribution in [1.29, 1.82) is 0 Å². The molecule has 0 fully saturated rings. The maximum atomic E-state index is 12.3. The average molecular weight is 303 g/mol. The summed E-state index contributed by atoms with van der Waals surface area (Å²) in [5.41, 5.74) is 0.244. The normalized spacial score (nSPS) is 11.2. The zero-order valence-corrected chi connectivity index (χ0v) is 10.9. The van der Waals surface area contributed by atoms with Crippen LogP contribution in [0.2, 0.25) is 0 Å². The first-order valence-electron chi connectivity index (χ1n) is 5.26. The Bertz CT molecular complexity index is 627. The van der Waals surface area contributed by atoms with Gasteiger partial charge >= 0.3 is 6.18 Å². The predicted octanol–water partition coefficient (Wildman–Crippen LogP) is 2.82. The van der Waals surface area contributed by atoms with Crippen LogP contribution in [-0.4, -0.2) is 23.2 Å². The molecule has 0 radical (unpaired) electrons. The molecule has 2 rings (SSSR count). The summed E-state index contributed by atoms with van der Waals surface area (Å²) < 4.78 is 42.0. The van der Waals surface area contributed by atoms with Gasteiger partial charge in [-0.3, -0.25) is 10.1 Å². The summed E-state index contributed by atoms with van der Waals surface area (Å²) in [4.78, 5) is 11.8. The zero-order valence-electron chi connectivity index (χ0n) is 10.1. The maximum absolute atomic E-state index is 12.3. The minimum Gasteiger partial charge on any atom is -0.497 e. The topological polar surface area (TPSA) is 64.1 Å². The van der Waals surface area contributed by atoms with E-state index >= 15 is 0 Å². The molecule has 9 heteroatoms. The number of nitrogens with zero attached hydrogens (tertiary/aromatic N) is 2. The minimum atomic E-state index is -4.57. The van der Waals surface area contributed by atoms with Crippen molar-refractivity contribution in [2.75, 3.05) is 12.4 Å². The Morgan fingerprint density at radius 1 is 1.35 bits per heavy atom. The highest BCUT2D eigenvalue weighted by atomic mass is 32.1. The molecule has 20 heavy (non-hydrogen) atoms. The van der Waals surface area contributed by atoms with Gasteiger partial charge < -0.3 is 4.74 Å². The molecule has 2 aromatic rings. The van der Waals surface area contributed by atoms with E-state index in [0.29, 0.717) is 5.75 Å². The molecular weight excluding hydrogens is 295 g/mol. The second kappa shape index (κ2) is 5.45. The number of nitrogens with one attached hydrogen (secondary N) is 1. The van der Waals surface area contributed by atoms with Gasteiger partial charge in [-0.1, -0.05) is 17.4 Å². The molecule has 0 bridgehead atoms. The molecule has 0 unspecified atom stereocenters. The number of anilines is 1. The smallest absolute Gasteiger partial charge is 0.445 e. The molecule has 1 amide bonds. The number of rotatable bonds is 3. The lowest BCUT2D eigenvalue weighted by molar-refractivity contribution is -0.138. The molecular formula is C11H8F3N3O2S. The Kier molecular flexibility index (Phi) is 3.89. The van der Waals surface area contributed by atoms with Crippen LogP contribution in [0.25, 0.3) is 0 Å². The number of methoxy groups -OCH3 is 1. The molecule has 0 saturated heterocycles. The summed E-state index contributed by atoms with van der Waals surface area (Å²) in [7, 11) is 1.44. The lowest BCUT2D eigenvalue weighted by Crippen LogP contribution is -2.11. The number of hydrogen-bond donors (Lipinski definition) is 1. The average Bonchev–Trinajstić information content (AvgIpc) is 2.87. The van der Waals surface area contributed by atoms with Gasteiger partial charge in [0.25, 0.3) is 5.91 Å². The van der Waals surface area contributed by atoms with E-state index in [1.807, 2.05) is 0 Å². The Labute approximate surface area is 115 Å². The number of aromatic nitrogens is 2. The highest BCUT2D eigenvalue weighted by molar-refractivity contribution is 7.15. The van der Waals surface area contributed by atoms with Crippen LogP contribution in [0.4, 0.5) is 18.3 Å². The molecule has 0 aliphatic rings. The van der Waals surface area contributed by atoms with Crippen molar-refractivity contribution < 1.29 is 22.7 Å². The van der Waals surface area contributed by atoms with Gasteiger partial charge in [-0.2, -0.15) is 13.2 Å². The van der Waals surface area contributed by atoms with E-state index in [4.69, 9.17) is 4.74 Å². The number of carbonyl (C=O) groups excluding carboxylic acids is 1. The van der Waals surface area contributed by atoms with Crippen molar-refractivity contribution in [3.8, 4) is 5.75 Å². The quantitative estimate of drug-likeness (QED) is 0.947. The van der Waals surface area contributed by atoms with E-state index in [2.05, 4.69) is 15.5 Å². The van der Waals surface area contributed by atoms with Crippen LogP contribution in [0, 0.1) is 0 Å². The number of amides is 1. The summed E-state index contributed by atoms with van der Waals surface area (Å²) >= 11 is 0.262. The first-order chi connectivity index (χ1) is 9.40. The van der Waals surface area contributed by atoms with E-state index < -0.39 is 17.1 Å². The van der Waals surface area contributed by atoms with Crippen molar-refractivity contribution in [3.05, 3.63) is 34.8 Å². The SMILES string of the molecule is COc1cccc(C(=O)Nc2nnc(C(F)(F)F)s2)c1. The Morgan fingerprint density at radius 3 is 2.70 bits per heavy atom. The van der Waals surface area contributed by atoms with Crippen molar-refractivity contribution in [3.63, 3.8) is 0 Å². The van der Waals surface area contributed by atoms with Crippen LogP contribution in [0.1, 0.15) is 15.4 Å². The number of carbonyl (C=O) groups is 1. The zero-order chi connectivity index (χ0) is 14.8. The van der Waals surface area contributed by atoms with Crippen LogP contribution in [0.15, 0.2) is 24.3 Å². The van der Waals surface area contributed by atoms with Crippen molar-refractivity contribution in [2.45, 2.75) is 6.18 Å². The number of hydrogen-bond acceptors (Lipinski definition) is 5. The summed E-state index contributed by atoms with van der Waals surface area (Å²) in [5.74, 6) is -0.125. The highest BCUT2D eigenvalue weighted by Gasteiger charge is 2.35. The highest BCUT2D eigenvalue weighted by Crippen LogP contribution is 2.33. The van der Waals surface area contributed by atoms with E-state index in [1.165, 1.54) is 19.2 Å². The fraction of sp³-hybridized carbons (Fsp3) is 0.182. The minimum absolute atomic E-state index is 0.217. The summed E-state index contributed by atoms with van der Waals surface area (Å²) in [6, 6.07) is 6.20. The summed E-state index contributed by atoms with van der Waals surface area (Å²) in [6.45, 7) is 0. The van der Waals surface area contributed by atoms with Gasteiger partial charge in [0.1, 0.15) is 5.75 Å². The molecule has 0 saturated carbocycles. The van der Waals surface area contributed by atoms with Crippen LogP contribution >= 0.6 is 11.3 Å². The van der Waals surface area contributed by atoms with Gasteiger partial charge in [0.05, 0.1) is 7.11 Å². The van der Waals surface area contributed by atoms with Crippen LogP contribution in [-0.2, 0) is 6.18 Å². The maximum Gasteiger partial charge on any atom is 0.445 e. The lowest BCUT2D eigenvalue weighted by atomic mass is 10.2. The van der Waals surface area contributed by atoms with Crippen LogP contribution < -0.4 is 10.1 Å². The Morgan fingerprint density at radius 2 is 2.10 bits per heavy atom.